The monoisotopic (exact) mass is 254 g/mol. The summed E-state index contributed by atoms with van der Waals surface area (Å²) in [6.07, 6.45) is 3.62. The fourth-order valence-corrected chi connectivity index (χ4v) is 1.91. The molecule has 0 heterocycles. The van der Waals surface area contributed by atoms with Gasteiger partial charge in [-0.25, -0.2) is 0 Å². The Hall–Kier alpha value is -0.960. The molecule has 3 nitrogen and oxygen atoms in total. The first-order valence-corrected chi connectivity index (χ1v) is 6.85. The van der Waals surface area contributed by atoms with Crippen molar-refractivity contribution in [2.45, 2.75) is 72.3 Å². The van der Waals surface area contributed by atoms with Gasteiger partial charge in [-0.15, -0.1) is 0 Å². The zero-order chi connectivity index (χ0) is 14.1. The molecule has 3 heteroatoms. The van der Waals surface area contributed by atoms with Gasteiger partial charge in [-0.05, 0) is 45.1 Å². The second kappa shape index (κ2) is 9.03. The van der Waals surface area contributed by atoms with Crippen molar-refractivity contribution in [1.82, 2.24) is 0 Å². The summed E-state index contributed by atoms with van der Waals surface area (Å²) < 4.78 is 0. The van der Waals surface area contributed by atoms with Crippen molar-refractivity contribution in [3.8, 4) is 0 Å². The van der Waals surface area contributed by atoms with Crippen LogP contribution in [0.4, 0.5) is 0 Å². The van der Waals surface area contributed by atoms with Crippen molar-refractivity contribution in [1.29, 1.82) is 0 Å². The van der Waals surface area contributed by atoms with E-state index < -0.39 is 0 Å². The Kier molecular flexibility index (Phi) is 8.55. The number of hydrogen-bond donors (Lipinski definition) is 1. The third kappa shape index (κ3) is 6.10. The Labute approximate surface area is 110 Å². The summed E-state index contributed by atoms with van der Waals surface area (Å²) in [5, 5.41) is 9.71. The lowest BCUT2D eigenvalue weighted by atomic mass is 9.93. The second-order valence-electron chi connectivity index (χ2n) is 4.81. The van der Waals surface area contributed by atoms with E-state index in [4.69, 9.17) is 0 Å². The summed E-state index contributed by atoms with van der Waals surface area (Å²) in [5.74, 6) is -0.00617. The minimum atomic E-state index is -0.376. The predicted octanol–water partition coefficient (Wildman–Crippen LogP) is 3.20. The molecule has 1 unspecified atom stereocenters. The number of aliphatic hydroxyl groups excluding tert-OH is 1. The van der Waals surface area contributed by atoms with Crippen LogP contribution in [0.5, 0.6) is 0 Å². The summed E-state index contributed by atoms with van der Waals surface area (Å²) in [4.78, 5) is 23.4. The van der Waals surface area contributed by atoms with Crippen molar-refractivity contribution in [2.75, 3.05) is 0 Å². The number of allylic oxidation sites excluding steroid dienone is 2. The Bertz CT molecular complexity index is 316. The number of aliphatic hydroxyl groups is 1. The Balaban J connectivity index is 4.75. The molecule has 0 amide bonds. The molecule has 0 fully saturated rings. The second-order valence-corrected chi connectivity index (χ2v) is 4.81. The van der Waals surface area contributed by atoms with Gasteiger partial charge in [0.25, 0.3) is 0 Å². The van der Waals surface area contributed by atoms with E-state index in [1.807, 2.05) is 13.8 Å². The summed E-state index contributed by atoms with van der Waals surface area (Å²) in [5.41, 5.74) is 1.16. The predicted molar refractivity (Wildman–Crippen MR) is 73.4 cm³/mol. The highest BCUT2D eigenvalue weighted by Crippen LogP contribution is 2.18. The van der Waals surface area contributed by atoms with Gasteiger partial charge in [0.1, 0.15) is 0 Å². The van der Waals surface area contributed by atoms with Crippen molar-refractivity contribution in [3.05, 3.63) is 11.1 Å². The van der Waals surface area contributed by atoms with Crippen LogP contribution in [-0.2, 0) is 9.59 Å². The van der Waals surface area contributed by atoms with Crippen LogP contribution < -0.4 is 0 Å². The van der Waals surface area contributed by atoms with E-state index >= 15 is 0 Å². The van der Waals surface area contributed by atoms with E-state index in [0.29, 0.717) is 30.4 Å². The van der Waals surface area contributed by atoms with Gasteiger partial charge >= 0.3 is 0 Å². The maximum atomic E-state index is 12.0. The number of rotatable bonds is 9. The largest absolute Gasteiger partial charge is 0.393 e. The van der Waals surface area contributed by atoms with Crippen LogP contribution >= 0.6 is 0 Å². The smallest absolute Gasteiger partial charge is 0.159 e. The van der Waals surface area contributed by atoms with Gasteiger partial charge in [-0.3, -0.25) is 9.59 Å². The SMILES string of the molecule is CCCC(=O)/C(CCC(O)CCC)=C(/C)C(C)=O. The lowest BCUT2D eigenvalue weighted by Crippen LogP contribution is -2.12. The highest BCUT2D eigenvalue weighted by molar-refractivity contribution is 6.05. The molecule has 1 atom stereocenters. The van der Waals surface area contributed by atoms with E-state index in [1.54, 1.807) is 6.92 Å². The molecule has 104 valence electrons. The first-order chi connectivity index (χ1) is 8.43. The maximum Gasteiger partial charge on any atom is 0.159 e. The van der Waals surface area contributed by atoms with Crippen LogP contribution in [0.25, 0.3) is 0 Å². The van der Waals surface area contributed by atoms with Crippen LogP contribution in [0.15, 0.2) is 11.1 Å². The van der Waals surface area contributed by atoms with Crippen LogP contribution in [0, 0.1) is 0 Å². The minimum absolute atomic E-state index is 0.0499. The highest BCUT2D eigenvalue weighted by atomic mass is 16.3. The molecule has 0 aliphatic rings. The van der Waals surface area contributed by atoms with Crippen molar-refractivity contribution in [2.24, 2.45) is 0 Å². The van der Waals surface area contributed by atoms with Gasteiger partial charge in [-0.2, -0.15) is 0 Å². The molecule has 0 aromatic carbocycles. The zero-order valence-corrected chi connectivity index (χ0v) is 12.1. The molecule has 0 saturated carbocycles. The normalized spacial score (nSPS) is 14.1. The molecule has 0 radical (unpaired) electrons. The van der Waals surface area contributed by atoms with Crippen LogP contribution in [0.1, 0.15) is 66.2 Å². The lowest BCUT2D eigenvalue weighted by molar-refractivity contribution is -0.117. The Morgan fingerprint density at radius 1 is 1.00 bits per heavy atom. The average molecular weight is 254 g/mol. The van der Waals surface area contributed by atoms with Gasteiger partial charge < -0.3 is 5.11 Å². The van der Waals surface area contributed by atoms with Crippen LogP contribution in [-0.4, -0.2) is 22.8 Å². The van der Waals surface area contributed by atoms with Gasteiger partial charge in [0.2, 0.25) is 0 Å². The summed E-state index contributed by atoms with van der Waals surface area (Å²) >= 11 is 0. The molecule has 0 aromatic heterocycles. The molecule has 0 aliphatic heterocycles. The summed E-state index contributed by atoms with van der Waals surface area (Å²) in [7, 11) is 0. The van der Waals surface area contributed by atoms with Crippen molar-refractivity contribution in [3.63, 3.8) is 0 Å². The molecular formula is C15H26O3. The van der Waals surface area contributed by atoms with Gasteiger partial charge in [0.15, 0.2) is 11.6 Å². The number of carbonyl (C=O) groups is 2. The van der Waals surface area contributed by atoms with E-state index in [1.165, 1.54) is 6.92 Å². The third-order valence-corrected chi connectivity index (χ3v) is 3.14. The first-order valence-electron chi connectivity index (χ1n) is 6.85. The summed E-state index contributed by atoms with van der Waals surface area (Å²) in [6.45, 7) is 7.15. The third-order valence-electron chi connectivity index (χ3n) is 3.14. The van der Waals surface area contributed by atoms with Crippen LogP contribution in [0.2, 0.25) is 0 Å². The van der Waals surface area contributed by atoms with Crippen LogP contribution in [0.3, 0.4) is 0 Å². The highest BCUT2D eigenvalue weighted by Gasteiger charge is 2.16. The lowest BCUT2D eigenvalue weighted by Gasteiger charge is -2.13. The zero-order valence-electron chi connectivity index (χ0n) is 12.1. The molecule has 0 rings (SSSR count). The summed E-state index contributed by atoms with van der Waals surface area (Å²) in [6, 6.07) is 0. The van der Waals surface area contributed by atoms with E-state index in [0.717, 1.165) is 19.3 Å². The molecule has 1 N–H and O–H groups in total. The topological polar surface area (TPSA) is 54.4 Å². The van der Waals surface area contributed by atoms with E-state index in [9.17, 15) is 14.7 Å². The maximum absolute atomic E-state index is 12.0. The number of carbonyl (C=O) groups excluding carboxylic acids is 2. The van der Waals surface area contributed by atoms with Gasteiger partial charge in [-0.1, -0.05) is 20.3 Å². The number of Topliss-reactive ketones (excluding diaryl/α,β-unsaturated/α-hetero) is 2. The van der Waals surface area contributed by atoms with E-state index in [-0.39, 0.29) is 17.7 Å². The first kappa shape index (κ1) is 17.0. The van der Waals surface area contributed by atoms with Crippen molar-refractivity contribution < 1.29 is 14.7 Å². The molecule has 0 aromatic rings. The minimum Gasteiger partial charge on any atom is -0.393 e. The molecule has 0 saturated heterocycles. The van der Waals surface area contributed by atoms with E-state index in [2.05, 4.69) is 0 Å². The Morgan fingerprint density at radius 3 is 2.06 bits per heavy atom. The molecule has 0 aliphatic carbocycles. The van der Waals surface area contributed by atoms with Gasteiger partial charge in [0.05, 0.1) is 6.10 Å². The Morgan fingerprint density at radius 2 is 1.61 bits per heavy atom. The number of ketones is 2. The molecular weight excluding hydrogens is 228 g/mol. The van der Waals surface area contributed by atoms with Crippen molar-refractivity contribution >= 4 is 11.6 Å². The average Bonchev–Trinajstić information content (AvgIpc) is 2.29. The standard InChI is InChI=1S/C15H26O3/c1-5-7-13(17)9-10-14(11(3)12(4)16)15(18)8-6-2/h13,17H,5-10H2,1-4H3/b14-11-. The van der Waals surface area contributed by atoms with Gasteiger partial charge in [0, 0.05) is 12.0 Å². The fraction of sp³-hybridized carbons (Fsp3) is 0.733. The number of hydrogen-bond acceptors (Lipinski definition) is 3. The molecule has 0 spiro atoms. The quantitative estimate of drug-likeness (QED) is 0.643. The fourth-order valence-electron chi connectivity index (χ4n) is 1.91. The molecule has 18 heavy (non-hydrogen) atoms. The molecule has 0 bridgehead atoms.